The average Bonchev–Trinajstić information content (AvgIpc) is 2.60. The van der Waals surface area contributed by atoms with Crippen LogP contribution in [0.4, 0.5) is 0 Å². The molecule has 0 aliphatic heterocycles. The molecule has 0 aliphatic rings. The Balaban J connectivity index is 1.61. The smallest absolute Gasteiger partial charge is 0.119 e. The number of hydrogen-bond donors (Lipinski definition) is 1. The van der Waals surface area contributed by atoms with Gasteiger partial charge in [0, 0.05) is 12.5 Å². The van der Waals surface area contributed by atoms with E-state index in [-0.39, 0.29) is 0 Å². The second kappa shape index (κ2) is 7.30. The highest BCUT2D eigenvalue weighted by atomic mass is 16.5. The Bertz CT molecular complexity index is 764. The third kappa shape index (κ3) is 3.91. The van der Waals surface area contributed by atoms with Gasteiger partial charge < -0.3 is 10.1 Å². The van der Waals surface area contributed by atoms with Gasteiger partial charge in [-0.1, -0.05) is 60.2 Å². The lowest BCUT2D eigenvalue weighted by Gasteiger charge is -2.17. The quantitative estimate of drug-likeness (QED) is 0.701. The first kappa shape index (κ1) is 15.6. The molecule has 0 amide bonds. The summed E-state index contributed by atoms with van der Waals surface area (Å²) in [5.74, 6) is 0.933. The van der Waals surface area contributed by atoms with Crippen LogP contribution in [-0.2, 0) is 0 Å². The Morgan fingerprint density at radius 2 is 1.65 bits per heavy atom. The first-order valence-corrected chi connectivity index (χ1v) is 8.12. The predicted molar refractivity (Wildman–Crippen MR) is 97.0 cm³/mol. The molecule has 0 aromatic heterocycles. The summed E-state index contributed by atoms with van der Waals surface area (Å²) in [6, 6.07) is 23.6. The van der Waals surface area contributed by atoms with Gasteiger partial charge in [-0.15, -0.1) is 0 Å². The van der Waals surface area contributed by atoms with Gasteiger partial charge in [0.1, 0.15) is 5.75 Å². The second-order valence-electron chi connectivity index (χ2n) is 5.90. The minimum Gasteiger partial charge on any atom is -0.494 e. The maximum absolute atomic E-state index is 5.95. The highest BCUT2D eigenvalue weighted by Gasteiger charge is 2.09. The first-order chi connectivity index (χ1) is 11.3. The lowest BCUT2D eigenvalue weighted by molar-refractivity contribution is 0.290. The molecule has 23 heavy (non-hydrogen) atoms. The average molecular weight is 305 g/mol. The molecule has 0 heterocycles. The summed E-state index contributed by atoms with van der Waals surface area (Å²) in [5, 5.41) is 5.83. The van der Waals surface area contributed by atoms with Crippen LogP contribution in [0.5, 0.6) is 5.75 Å². The number of rotatable bonds is 6. The molecule has 2 nitrogen and oxygen atoms in total. The summed E-state index contributed by atoms with van der Waals surface area (Å²) in [4.78, 5) is 0. The number of nitrogens with one attached hydrogen (secondary N) is 1. The van der Waals surface area contributed by atoms with Gasteiger partial charge in [-0.3, -0.25) is 0 Å². The Hall–Kier alpha value is -2.32. The SMILES string of the molecule is CNC(CCOc1ccc2ccccc2c1)c1ccc(C)cc1. The minimum absolute atomic E-state index is 0.316. The Labute approximate surface area is 138 Å². The van der Waals surface area contributed by atoms with Gasteiger partial charge in [0.15, 0.2) is 0 Å². The molecule has 1 unspecified atom stereocenters. The summed E-state index contributed by atoms with van der Waals surface area (Å²) in [6.07, 6.45) is 0.937. The molecular weight excluding hydrogens is 282 g/mol. The Kier molecular flexibility index (Phi) is 4.94. The van der Waals surface area contributed by atoms with E-state index in [1.165, 1.54) is 21.9 Å². The molecule has 2 heteroatoms. The fourth-order valence-electron chi connectivity index (χ4n) is 2.83. The van der Waals surface area contributed by atoms with Crippen molar-refractivity contribution in [1.29, 1.82) is 0 Å². The number of benzene rings is 3. The topological polar surface area (TPSA) is 21.3 Å². The van der Waals surface area contributed by atoms with Crippen LogP contribution >= 0.6 is 0 Å². The summed E-state index contributed by atoms with van der Waals surface area (Å²) in [5.41, 5.74) is 2.59. The lowest BCUT2D eigenvalue weighted by atomic mass is 10.0. The van der Waals surface area contributed by atoms with E-state index < -0.39 is 0 Å². The van der Waals surface area contributed by atoms with E-state index in [1.807, 2.05) is 13.1 Å². The maximum Gasteiger partial charge on any atom is 0.119 e. The van der Waals surface area contributed by atoms with Crippen molar-refractivity contribution in [3.8, 4) is 5.75 Å². The number of hydrogen-bond acceptors (Lipinski definition) is 2. The van der Waals surface area contributed by atoms with Crippen molar-refractivity contribution in [2.75, 3.05) is 13.7 Å². The van der Waals surface area contributed by atoms with E-state index in [4.69, 9.17) is 4.74 Å². The predicted octanol–water partition coefficient (Wildman–Crippen LogP) is 4.88. The third-order valence-electron chi connectivity index (χ3n) is 4.22. The van der Waals surface area contributed by atoms with Gasteiger partial charge in [-0.25, -0.2) is 0 Å². The first-order valence-electron chi connectivity index (χ1n) is 8.12. The molecular formula is C21H23NO. The van der Waals surface area contributed by atoms with E-state index >= 15 is 0 Å². The van der Waals surface area contributed by atoms with Crippen LogP contribution in [-0.4, -0.2) is 13.7 Å². The van der Waals surface area contributed by atoms with Crippen LogP contribution in [0.25, 0.3) is 10.8 Å². The maximum atomic E-state index is 5.95. The number of ether oxygens (including phenoxy) is 1. The van der Waals surface area contributed by atoms with Crippen molar-refractivity contribution in [1.82, 2.24) is 5.32 Å². The molecule has 0 fully saturated rings. The van der Waals surface area contributed by atoms with Crippen molar-refractivity contribution in [2.24, 2.45) is 0 Å². The van der Waals surface area contributed by atoms with Crippen LogP contribution in [0.15, 0.2) is 66.7 Å². The van der Waals surface area contributed by atoms with E-state index in [1.54, 1.807) is 0 Å². The molecule has 0 aliphatic carbocycles. The van der Waals surface area contributed by atoms with Crippen LogP contribution in [0.1, 0.15) is 23.6 Å². The highest BCUT2D eigenvalue weighted by Crippen LogP contribution is 2.22. The lowest BCUT2D eigenvalue weighted by Crippen LogP contribution is -2.19. The van der Waals surface area contributed by atoms with Crippen LogP contribution in [0, 0.1) is 6.92 Å². The van der Waals surface area contributed by atoms with Gasteiger partial charge in [0.2, 0.25) is 0 Å². The molecule has 0 radical (unpaired) electrons. The number of aryl methyl sites for hydroxylation is 1. The van der Waals surface area contributed by atoms with E-state index in [9.17, 15) is 0 Å². The summed E-state index contributed by atoms with van der Waals surface area (Å²) < 4.78 is 5.95. The third-order valence-corrected chi connectivity index (χ3v) is 4.22. The molecule has 3 rings (SSSR count). The highest BCUT2D eigenvalue weighted by molar-refractivity contribution is 5.83. The van der Waals surface area contributed by atoms with Crippen molar-refractivity contribution in [2.45, 2.75) is 19.4 Å². The standard InChI is InChI=1S/C21H23NO/c1-16-7-9-18(10-8-16)21(22-2)13-14-23-20-12-11-17-5-3-4-6-19(17)15-20/h3-12,15,21-22H,13-14H2,1-2H3. The van der Waals surface area contributed by atoms with Gasteiger partial charge in [-0.05, 0) is 42.4 Å². The van der Waals surface area contributed by atoms with E-state index in [0.717, 1.165) is 12.2 Å². The molecule has 0 bridgehead atoms. The van der Waals surface area contributed by atoms with Gasteiger partial charge >= 0.3 is 0 Å². The van der Waals surface area contributed by atoms with E-state index in [0.29, 0.717) is 12.6 Å². The van der Waals surface area contributed by atoms with Gasteiger partial charge in [0.05, 0.1) is 6.61 Å². The second-order valence-corrected chi connectivity index (χ2v) is 5.90. The number of fused-ring (bicyclic) bond motifs is 1. The zero-order chi connectivity index (χ0) is 16.1. The monoisotopic (exact) mass is 305 g/mol. The van der Waals surface area contributed by atoms with Crippen molar-refractivity contribution >= 4 is 10.8 Å². The molecule has 1 N–H and O–H groups in total. The zero-order valence-electron chi connectivity index (χ0n) is 13.8. The molecule has 1 atom stereocenters. The Morgan fingerprint density at radius 3 is 2.39 bits per heavy atom. The molecule has 3 aromatic carbocycles. The zero-order valence-corrected chi connectivity index (χ0v) is 13.8. The van der Waals surface area contributed by atoms with Gasteiger partial charge in [0.25, 0.3) is 0 Å². The summed E-state index contributed by atoms with van der Waals surface area (Å²) in [7, 11) is 2.00. The van der Waals surface area contributed by atoms with Crippen molar-refractivity contribution in [3.63, 3.8) is 0 Å². The molecule has 3 aromatic rings. The molecule has 0 spiro atoms. The summed E-state index contributed by atoms with van der Waals surface area (Å²) in [6.45, 7) is 2.80. The van der Waals surface area contributed by atoms with E-state index in [2.05, 4.69) is 72.9 Å². The van der Waals surface area contributed by atoms with Crippen molar-refractivity contribution in [3.05, 3.63) is 77.9 Å². The molecule has 118 valence electrons. The van der Waals surface area contributed by atoms with Crippen LogP contribution < -0.4 is 10.1 Å². The minimum atomic E-state index is 0.316. The van der Waals surface area contributed by atoms with Crippen molar-refractivity contribution < 1.29 is 4.74 Å². The summed E-state index contributed by atoms with van der Waals surface area (Å²) >= 11 is 0. The normalized spacial score (nSPS) is 12.3. The molecule has 0 saturated heterocycles. The largest absolute Gasteiger partial charge is 0.494 e. The van der Waals surface area contributed by atoms with Crippen LogP contribution in [0.3, 0.4) is 0 Å². The van der Waals surface area contributed by atoms with Crippen LogP contribution in [0.2, 0.25) is 0 Å². The fraction of sp³-hybridized carbons (Fsp3) is 0.238. The Morgan fingerprint density at radius 1 is 0.913 bits per heavy atom. The van der Waals surface area contributed by atoms with Gasteiger partial charge in [-0.2, -0.15) is 0 Å². The fourth-order valence-corrected chi connectivity index (χ4v) is 2.83. The molecule has 0 saturated carbocycles.